The topological polar surface area (TPSA) is 111 Å². The SMILES string of the molecule is CCCC(NC(=O)N1CC(CC)(CC)C1=O)c1ccc(OC(F)(F)F)cc1.O=C(c1ccc(O)cc1)N1CCNCC1. The molecule has 2 aliphatic heterocycles. The lowest BCUT2D eigenvalue weighted by atomic mass is 9.74. The van der Waals surface area contributed by atoms with Gasteiger partial charge >= 0.3 is 12.4 Å². The second-order valence-electron chi connectivity index (χ2n) is 10.4. The summed E-state index contributed by atoms with van der Waals surface area (Å²) >= 11 is 0. The maximum absolute atomic E-state index is 12.5. The Hall–Kier alpha value is -3.80. The third-order valence-electron chi connectivity index (χ3n) is 7.67. The Bertz CT molecular complexity index is 1190. The summed E-state index contributed by atoms with van der Waals surface area (Å²) in [6.45, 7) is 9.39. The fraction of sp³-hybridized carbons (Fsp3) is 0.500. The van der Waals surface area contributed by atoms with Gasteiger partial charge < -0.3 is 25.4 Å². The predicted molar refractivity (Wildman–Crippen MR) is 151 cm³/mol. The zero-order chi connectivity index (χ0) is 30.9. The highest BCUT2D eigenvalue weighted by Gasteiger charge is 2.52. The van der Waals surface area contributed by atoms with Crippen molar-refractivity contribution in [3.8, 4) is 11.5 Å². The number of ether oxygens (including phenoxy) is 1. The molecule has 0 saturated carbocycles. The van der Waals surface area contributed by atoms with E-state index in [0.717, 1.165) is 32.6 Å². The molecule has 12 heteroatoms. The molecule has 4 amide bonds. The third kappa shape index (κ3) is 8.37. The summed E-state index contributed by atoms with van der Waals surface area (Å²) in [6, 6.07) is 10.9. The molecule has 0 aromatic heterocycles. The van der Waals surface area contributed by atoms with Gasteiger partial charge in [0.2, 0.25) is 5.91 Å². The van der Waals surface area contributed by atoms with Crippen molar-refractivity contribution in [1.82, 2.24) is 20.4 Å². The lowest BCUT2D eigenvalue weighted by Crippen LogP contribution is -2.65. The number of nitrogens with one attached hydrogen (secondary N) is 2. The van der Waals surface area contributed by atoms with Gasteiger partial charge in [0.25, 0.3) is 5.91 Å². The van der Waals surface area contributed by atoms with E-state index < -0.39 is 23.9 Å². The first-order chi connectivity index (χ1) is 19.9. The van der Waals surface area contributed by atoms with Crippen molar-refractivity contribution in [1.29, 1.82) is 0 Å². The summed E-state index contributed by atoms with van der Waals surface area (Å²) in [5, 5.41) is 15.1. The van der Waals surface area contributed by atoms with Crippen molar-refractivity contribution in [3.05, 3.63) is 59.7 Å². The number of carbonyl (C=O) groups is 3. The molecule has 2 saturated heterocycles. The standard InChI is InChI=1S/C19H25F3N2O3.C11H14N2O2/c1-4-7-15(13-8-10-14(11-9-13)27-19(20,21)22)23-17(26)24-12-18(5-2,6-3)16(24)25;14-10-3-1-9(2-4-10)11(15)13-7-5-12-6-8-13/h8-11,15H,4-7,12H2,1-3H3,(H,23,26);1-4,12,14H,5-8H2. The highest BCUT2D eigenvalue weighted by Crippen LogP contribution is 2.39. The summed E-state index contributed by atoms with van der Waals surface area (Å²) < 4.78 is 40.7. The second kappa shape index (κ2) is 14.4. The Morgan fingerprint density at radius 3 is 2.12 bits per heavy atom. The highest BCUT2D eigenvalue weighted by molar-refractivity contribution is 6.02. The van der Waals surface area contributed by atoms with E-state index >= 15 is 0 Å². The van der Waals surface area contributed by atoms with Crippen LogP contribution in [0.1, 0.15) is 68.4 Å². The average Bonchev–Trinajstić information content (AvgIpc) is 2.97. The van der Waals surface area contributed by atoms with Crippen LogP contribution in [-0.4, -0.2) is 71.8 Å². The highest BCUT2D eigenvalue weighted by atomic mass is 19.4. The minimum absolute atomic E-state index is 0.0384. The van der Waals surface area contributed by atoms with Crippen LogP contribution >= 0.6 is 0 Å². The number of piperazine rings is 1. The summed E-state index contributed by atoms with van der Waals surface area (Å²) in [7, 11) is 0. The third-order valence-corrected chi connectivity index (χ3v) is 7.67. The molecule has 1 unspecified atom stereocenters. The number of nitrogens with zero attached hydrogens (tertiary/aromatic N) is 2. The quantitative estimate of drug-likeness (QED) is 0.363. The zero-order valence-electron chi connectivity index (χ0n) is 24.2. The molecule has 2 aromatic rings. The van der Waals surface area contributed by atoms with Gasteiger partial charge in [-0.05, 0) is 61.2 Å². The molecule has 0 bridgehead atoms. The number of phenolic OH excluding ortho intramolecular Hbond substituents is 1. The first-order valence-electron chi connectivity index (χ1n) is 14.2. The maximum atomic E-state index is 12.5. The summed E-state index contributed by atoms with van der Waals surface area (Å²) in [5.74, 6) is -0.265. The van der Waals surface area contributed by atoms with Crippen LogP contribution in [-0.2, 0) is 4.79 Å². The number of rotatable bonds is 8. The molecular weight excluding hydrogens is 553 g/mol. The fourth-order valence-electron chi connectivity index (χ4n) is 4.97. The van der Waals surface area contributed by atoms with Gasteiger partial charge in [0.15, 0.2) is 0 Å². The number of hydrogen-bond donors (Lipinski definition) is 3. The van der Waals surface area contributed by atoms with Gasteiger partial charge in [-0.25, -0.2) is 4.79 Å². The largest absolute Gasteiger partial charge is 0.573 e. The number of amides is 4. The van der Waals surface area contributed by atoms with Gasteiger partial charge in [-0.15, -0.1) is 13.2 Å². The molecule has 3 N–H and O–H groups in total. The van der Waals surface area contributed by atoms with E-state index in [1.807, 2.05) is 25.7 Å². The lowest BCUT2D eigenvalue weighted by molar-refractivity contribution is -0.274. The number of halogens is 3. The number of hydrogen-bond acceptors (Lipinski definition) is 6. The summed E-state index contributed by atoms with van der Waals surface area (Å²) in [5.41, 5.74) is 0.841. The zero-order valence-corrected chi connectivity index (χ0v) is 24.2. The maximum Gasteiger partial charge on any atom is 0.573 e. The van der Waals surface area contributed by atoms with Crippen LogP contribution in [0.25, 0.3) is 0 Å². The van der Waals surface area contributed by atoms with Gasteiger partial charge in [0, 0.05) is 38.3 Å². The molecule has 0 radical (unpaired) electrons. The Morgan fingerprint density at radius 2 is 1.62 bits per heavy atom. The minimum atomic E-state index is -4.75. The van der Waals surface area contributed by atoms with Crippen molar-refractivity contribution >= 4 is 17.8 Å². The lowest BCUT2D eigenvalue weighted by Gasteiger charge is -2.47. The van der Waals surface area contributed by atoms with Crippen LogP contribution in [0.2, 0.25) is 0 Å². The Kier molecular flexibility index (Phi) is 11.2. The van der Waals surface area contributed by atoms with Crippen molar-refractivity contribution < 1.29 is 37.4 Å². The average molecular weight is 593 g/mol. The Labute approximate surface area is 244 Å². The number of aromatic hydroxyl groups is 1. The number of carbonyl (C=O) groups excluding carboxylic acids is 3. The van der Waals surface area contributed by atoms with E-state index in [-0.39, 0.29) is 23.3 Å². The number of phenols is 1. The molecule has 2 aliphatic rings. The number of urea groups is 1. The number of benzene rings is 2. The van der Waals surface area contributed by atoms with Crippen LogP contribution < -0.4 is 15.4 Å². The number of β-lactam (4-membered cyclic amide) rings is 1. The van der Waals surface area contributed by atoms with Crippen molar-refractivity contribution in [3.63, 3.8) is 0 Å². The number of likely N-dealkylation sites (tertiary alicyclic amines) is 1. The van der Waals surface area contributed by atoms with Gasteiger partial charge in [-0.2, -0.15) is 0 Å². The number of imide groups is 1. The van der Waals surface area contributed by atoms with E-state index in [9.17, 15) is 27.6 Å². The van der Waals surface area contributed by atoms with E-state index in [2.05, 4.69) is 15.4 Å². The molecule has 230 valence electrons. The molecule has 0 aliphatic carbocycles. The van der Waals surface area contributed by atoms with E-state index in [4.69, 9.17) is 5.11 Å². The molecule has 2 heterocycles. The van der Waals surface area contributed by atoms with Gasteiger partial charge in [0.1, 0.15) is 11.5 Å². The van der Waals surface area contributed by atoms with Gasteiger partial charge in [-0.3, -0.25) is 14.5 Å². The van der Waals surface area contributed by atoms with Crippen LogP contribution in [0.15, 0.2) is 48.5 Å². The van der Waals surface area contributed by atoms with Gasteiger partial charge in [0.05, 0.1) is 11.5 Å². The first-order valence-corrected chi connectivity index (χ1v) is 14.2. The predicted octanol–water partition coefficient (Wildman–Crippen LogP) is 5.22. The number of alkyl halides is 3. The summed E-state index contributed by atoms with van der Waals surface area (Å²) in [4.78, 5) is 39.8. The smallest absolute Gasteiger partial charge is 0.508 e. The normalized spacial score (nSPS) is 17.0. The van der Waals surface area contributed by atoms with Crippen LogP contribution in [0, 0.1) is 5.41 Å². The van der Waals surface area contributed by atoms with Crippen LogP contribution in [0.3, 0.4) is 0 Å². The fourth-order valence-corrected chi connectivity index (χ4v) is 4.97. The molecule has 2 aromatic carbocycles. The Balaban J connectivity index is 0.000000271. The molecule has 9 nitrogen and oxygen atoms in total. The van der Waals surface area contributed by atoms with E-state index in [1.54, 1.807) is 12.1 Å². The van der Waals surface area contributed by atoms with Crippen molar-refractivity contribution in [2.24, 2.45) is 5.41 Å². The molecule has 2 fully saturated rings. The monoisotopic (exact) mass is 592 g/mol. The molecule has 42 heavy (non-hydrogen) atoms. The molecule has 1 atom stereocenters. The van der Waals surface area contributed by atoms with E-state index in [0.29, 0.717) is 36.9 Å². The second-order valence-corrected chi connectivity index (χ2v) is 10.4. The molecule has 0 spiro atoms. The van der Waals surface area contributed by atoms with Crippen LogP contribution in [0.5, 0.6) is 11.5 Å². The van der Waals surface area contributed by atoms with Crippen molar-refractivity contribution in [2.45, 2.75) is 58.9 Å². The van der Waals surface area contributed by atoms with E-state index in [1.165, 1.54) is 41.3 Å². The minimum Gasteiger partial charge on any atom is -0.508 e. The molecule has 4 rings (SSSR count). The molecular formula is C30H39F3N4O5. The van der Waals surface area contributed by atoms with Crippen LogP contribution in [0.4, 0.5) is 18.0 Å². The first kappa shape index (κ1) is 32.7. The van der Waals surface area contributed by atoms with Gasteiger partial charge in [-0.1, -0.05) is 39.3 Å². The summed E-state index contributed by atoms with van der Waals surface area (Å²) in [6.07, 6.45) is -2.02. The van der Waals surface area contributed by atoms with Crippen molar-refractivity contribution in [2.75, 3.05) is 32.7 Å². The Morgan fingerprint density at radius 1 is 1.02 bits per heavy atom.